The summed E-state index contributed by atoms with van der Waals surface area (Å²) in [6, 6.07) is -0.179. The second-order valence-corrected chi connectivity index (χ2v) is 4.45. The van der Waals surface area contributed by atoms with Gasteiger partial charge < -0.3 is 15.3 Å². The summed E-state index contributed by atoms with van der Waals surface area (Å²) in [5.74, 6) is -1.38. The Bertz CT molecular complexity index is 254. The van der Waals surface area contributed by atoms with Crippen LogP contribution in [0.3, 0.4) is 0 Å². The van der Waals surface area contributed by atoms with Gasteiger partial charge in [-0.15, -0.1) is 0 Å². The lowest BCUT2D eigenvalue weighted by molar-refractivity contribution is -0.142. The highest BCUT2D eigenvalue weighted by Crippen LogP contribution is 2.09. The zero-order valence-corrected chi connectivity index (χ0v) is 11.2. The summed E-state index contributed by atoms with van der Waals surface area (Å²) < 4.78 is 0. The van der Waals surface area contributed by atoms with Crippen molar-refractivity contribution >= 4 is 12.0 Å². The zero-order chi connectivity index (χ0) is 13.4. The molecule has 0 aliphatic carbocycles. The van der Waals surface area contributed by atoms with Crippen molar-refractivity contribution in [3.05, 3.63) is 0 Å². The molecular formula is C12H24N2O3. The molecule has 0 bridgehead atoms. The third-order valence-corrected chi connectivity index (χ3v) is 2.76. The van der Waals surface area contributed by atoms with Gasteiger partial charge in [-0.2, -0.15) is 0 Å². The van der Waals surface area contributed by atoms with Gasteiger partial charge in [-0.3, -0.25) is 4.79 Å². The Hall–Kier alpha value is -1.26. The van der Waals surface area contributed by atoms with Crippen molar-refractivity contribution in [3.63, 3.8) is 0 Å². The number of hydrogen-bond acceptors (Lipinski definition) is 2. The molecule has 0 aromatic carbocycles. The standard InChI is InChI=1S/C12H24N2O3/c1-5-7-14(6-2)12(17)13-8-10(9(3)4)11(15)16/h9-10H,5-8H2,1-4H3,(H,13,17)(H,15,16). The molecule has 1 atom stereocenters. The topological polar surface area (TPSA) is 69.6 Å². The van der Waals surface area contributed by atoms with E-state index in [2.05, 4.69) is 5.32 Å². The number of carboxylic acids is 1. The van der Waals surface area contributed by atoms with Crippen LogP contribution in [0, 0.1) is 11.8 Å². The number of rotatable bonds is 7. The highest BCUT2D eigenvalue weighted by atomic mass is 16.4. The second kappa shape index (κ2) is 7.92. The number of carboxylic acid groups (broad SMARTS) is 1. The number of aliphatic carboxylic acids is 1. The van der Waals surface area contributed by atoms with E-state index in [0.29, 0.717) is 13.1 Å². The van der Waals surface area contributed by atoms with E-state index in [1.807, 2.05) is 27.7 Å². The number of urea groups is 1. The summed E-state index contributed by atoms with van der Waals surface area (Å²) >= 11 is 0. The fraction of sp³-hybridized carbons (Fsp3) is 0.833. The monoisotopic (exact) mass is 244 g/mol. The number of hydrogen-bond donors (Lipinski definition) is 2. The van der Waals surface area contributed by atoms with Crippen LogP contribution in [-0.2, 0) is 4.79 Å². The Morgan fingerprint density at radius 1 is 1.29 bits per heavy atom. The molecule has 5 nitrogen and oxygen atoms in total. The Balaban J connectivity index is 4.24. The van der Waals surface area contributed by atoms with E-state index in [9.17, 15) is 9.59 Å². The molecule has 0 radical (unpaired) electrons. The average Bonchev–Trinajstić information content (AvgIpc) is 2.24. The van der Waals surface area contributed by atoms with Gasteiger partial charge in [0.25, 0.3) is 0 Å². The fourth-order valence-corrected chi connectivity index (χ4v) is 1.59. The minimum Gasteiger partial charge on any atom is -0.481 e. The van der Waals surface area contributed by atoms with Crippen molar-refractivity contribution in [2.75, 3.05) is 19.6 Å². The van der Waals surface area contributed by atoms with Gasteiger partial charge in [-0.25, -0.2) is 4.79 Å². The average molecular weight is 244 g/mol. The summed E-state index contributed by atoms with van der Waals surface area (Å²) in [5, 5.41) is 11.7. The van der Waals surface area contributed by atoms with Gasteiger partial charge in [0.15, 0.2) is 0 Å². The minimum atomic E-state index is -0.862. The normalized spacial score (nSPS) is 12.3. The van der Waals surface area contributed by atoms with Gasteiger partial charge >= 0.3 is 12.0 Å². The lowest BCUT2D eigenvalue weighted by Gasteiger charge is -2.23. The molecule has 1 unspecified atom stereocenters. The second-order valence-electron chi connectivity index (χ2n) is 4.45. The van der Waals surface area contributed by atoms with Crippen molar-refractivity contribution in [1.29, 1.82) is 0 Å². The van der Waals surface area contributed by atoms with Gasteiger partial charge in [-0.05, 0) is 19.3 Å². The van der Waals surface area contributed by atoms with E-state index in [1.54, 1.807) is 4.90 Å². The number of nitrogens with one attached hydrogen (secondary N) is 1. The highest BCUT2D eigenvalue weighted by Gasteiger charge is 2.22. The van der Waals surface area contributed by atoms with E-state index >= 15 is 0 Å². The summed E-state index contributed by atoms with van der Waals surface area (Å²) in [6.07, 6.45) is 0.897. The molecule has 2 amide bonds. The minimum absolute atomic E-state index is 0.00838. The third-order valence-electron chi connectivity index (χ3n) is 2.76. The van der Waals surface area contributed by atoms with Crippen LogP contribution in [0.4, 0.5) is 4.79 Å². The quantitative estimate of drug-likeness (QED) is 0.717. The first kappa shape index (κ1) is 15.7. The Morgan fingerprint density at radius 3 is 2.24 bits per heavy atom. The molecule has 0 spiro atoms. The molecule has 0 aromatic heterocycles. The number of carbonyl (C=O) groups excluding carboxylic acids is 1. The largest absolute Gasteiger partial charge is 0.481 e. The van der Waals surface area contributed by atoms with E-state index in [0.717, 1.165) is 6.42 Å². The van der Waals surface area contributed by atoms with E-state index in [4.69, 9.17) is 5.11 Å². The van der Waals surface area contributed by atoms with Crippen molar-refractivity contribution in [3.8, 4) is 0 Å². The van der Waals surface area contributed by atoms with Gasteiger partial charge in [0.1, 0.15) is 0 Å². The first-order valence-electron chi connectivity index (χ1n) is 6.19. The molecule has 0 aliphatic rings. The maximum Gasteiger partial charge on any atom is 0.317 e. The smallest absolute Gasteiger partial charge is 0.317 e. The number of amides is 2. The molecule has 5 heteroatoms. The lowest BCUT2D eigenvalue weighted by Crippen LogP contribution is -2.44. The third kappa shape index (κ3) is 5.56. The Labute approximate surface area is 103 Å². The van der Waals surface area contributed by atoms with Crippen LogP contribution in [0.2, 0.25) is 0 Å². The van der Waals surface area contributed by atoms with Gasteiger partial charge in [0.05, 0.1) is 5.92 Å². The molecule has 0 fully saturated rings. The number of nitrogens with zero attached hydrogens (tertiary/aromatic N) is 1. The van der Waals surface area contributed by atoms with Gasteiger partial charge in [-0.1, -0.05) is 20.8 Å². The van der Waals surface area contributed by atoms with E-state index in [-0.39, 0.29) is 18.5 Å². The maximum absolute atomic E-state index is 11.7. The molecule has 17 heavy (non-hydrogen) atoms. The molecule has 100 valence electrons. The van der Waals surface area contributed by atoms with Crippen molar-refractivity contribution < 1.29 is 14.7 Å². The van der Waals surface area contributed by atoms with Crippen LogP contribution in [0.15, 0.2) is 0 Å². The molecule has 0 saturated heterocycles. The van der Waals surface area contributed by atoms with Crippen LogP contribution in [-0.4, -0.2) is 41.6 Å². The van der Waals surface area contributed by atoms with E-state index in [1.165, 1.54) is 0 Å². The Morgan fingerprint density at radius 2 is 1.88 bits per heavy atom. The predicted octanol–water partition coefficient (Wildman–Crippen LogP) is 1.78. The summed E-state index contributed by atoms with van der Waals surface area (Å²) in [7, 11) is 0. The van der Waals surface area contributed by atoms with Crippen LogP contribution >= 0.6 is 0 Å². The fourth-order valence-electron chi connectivity index (χ4n) is 1.59. The zero-order valence-electron chi connectivity index (χ0n) is 11.2. The SMILES string of the molecule is CCCN(CC)C(=O)NCC(C(=O)O)C(C)C. The van der Waals surface area contributed by atoms with Crippen molar-refractivity contribution in [2.45, 2.75) is 34.1 Å². The van der Waals surface area contributed by atoms with Crippen LogP contribution in [0.5, 0.6) is 0 Å². The first-order chi connectivity index (χ1) is 7.93. The molecular weight excluding hydrogens is 220 g/mol. The molecule has 0 saturated carbocycles. The highest BCUT2D eigenvalue weighted by molar-refractivity contribution is 5.76. The molecule has 0 aliphatic heterocycles. The first-order valence-corrected chi connectivity index (χ1v) is 6.19. The van der Waals surface area contributed by atoms with Crippen LogP contribution in [0.25, 0.3) is 0 Å². The van der Waals surface area contributed by atoms with Crippen molar-refractivity contribution in [2.24, 2.45) is 11.8 Å². The number of carbonyl (C=O) groups is 2. The molecule has 0 heterocycles. The van der Waals surface area contributed by atoms with Crippen LogP contribution < -0.4 is 5.32 Å². The summed E-state index contributed by atoms with van der Waals surface area (Å²) in [5.41, 5.74) is 0. The predicted molar refractivity (Wildman–Crippen MR) is 66.9 cm³/mol. The van der Waals surface area contributed by atoms with Gasteiger partial charge in [0, 0.05) is 19.6 Å². The van der Waals surface area contributed by atoms with Crippen LogP contribution in [0.1, 0.15) is 34.1 Å². The summed E-state index contributed by atoms with van der Waals surface area (Å²) in [6.45, 7) is 9.12. The van der Waals surface area contributed by atoms with E-state index < -0.39 is 11.9 Å². The maximum atomic E-state index is 11.7. The lowest BCUT2D eigenvalue weighted by atomic mass is 9.96. The van der Waals surface area contributed by atoms with Gasteiger partial charge in [0.2, 0.25) is 0 Å². The summed E-state index contributed by atoms with van der Waals surface area (Å²) in [4.78, 5) is 24.4. The Kier molecular flexibility index (Phi) is 7.34. The van der Waals surface area contributed by atoms with Crippen molar-refractivity contribution in [1.82, 2.24) is 10.2 Å². The molecule has 0 rings (SSSR count). The molecule has 0 aromatic rings. The molecule has 2 N–H and O–H groups in total.